The van der Waals surface area contributed by atoms with Crippen LogP contribution < -0.4 is 10.6 Å². The molecule has 0 spiro atoms. The highest BCUT2D eigenvalue weighted by Crippen LogP contribution is 2.39. The van der Waals surface area contributed by atoms with Gasteiger partial charge in [0, 0.05) is 4.88 Å². The van der Waals surface area contributed by atoms with Crippen molar-refractivity contribution in [3.8, 4) is 6.07 Å². The fraction of sp³-hybridized carbons (Fsp3) is 0.688. The van der Waals surface area contributed by atoms with Gasteiger partial charge in [-0.25, -0.2) is 4.98 Å². The van der Waals surface area contributed by atoms with Gasteiger partial charge in [0.05, 0.1) is 23.8 Å². The topological polar surface area (TPSA) is 77.8 Å². The van der Waals surface area contributed by atoms with Gasteiger partial charge >= 0.3 is 0 Å². The third kappa shape index (κ3) is 3.65. The van der Waals surface area contributed by atoms with Gasteiger partial charge in [-0.1, -0.05) is 0 Å². The molecule has 0 saturated heterocycles. The molecule has 0 unspecified atom stereocenters. The zero-order valence-corrected chi connectivity index (χ0v) is 14.7. The van der Waals surface area contributed by atoms with Crippen molar-refractivity contribution < 1.29 is 4.79 Å². The van der Waals surface area contributed by atoms with Gasteiger partial charge in [-0.05, 0) is 53.4 Å². The zero-order chi connectivity index (χ0) is 16.5. The molecule has 120 valence electrons. The van der Waals surface area contributed by atoms with E-state index >= 15 is 0 Å². The van der Waals surface area contributed by atoms with Gasteiger partial charge in [0.2, 0.25) is 5.91 Å². The molecule has 1 aromatic rings. The van der Waals surface area contributed by atoms with Crippen LogP contribution in [0.25, 0.3) is 0 Å². The Labute approximate surface area is 136 Å². The lowest BCUT2D eigenvalue weighted by Crippen LogP contribution is -2.51. The monoisotopic (exact) mass is 320 g/mol. The maximum Gasteiger partial charge on any atom is 0.235 e. The summed E-state index contributed by atoms with van der Waals surface area (Å²) in [6, 6.07) is 2.24. The van der Waals surface area contributed by atoms with Gasteiger partial charge in [-0.15, -0.1) is 11.3 Å². The Bertz CT molecular complexity index is 593. The maximum absolute atomic E-state index is 12.2. The molecule has 0 aromatic carbocycles. The highest BCUT2D eigenvalue weighted by Gasteiger charge is 2.43. The van der Waals surface area contributed by atoms with Crippen molar-refractivity contribution in [2.75, 3.05) is 6.54 Å². The molecule has 0 aliphatic heterocycles. The van der Waals surface area contributed by atoms with E-state index in [2.05, 4.69) is 21.7 Å². The molecule has 1 aliphatic rings. The molecule has 6 heteroatoms. The van der Waals surface area contributed by atoms with Crippen molar-refractivity contribution in [2.24, 2.45) is 5.92 Å². The lowest BCUT2D eigenvalue weighted by molar-refractivity contribution is -0.122. The minimum absolute atomic E-state index is 0.144. The van der Waals surface area contributed by atoms with Crippen LogP contribution in [-0.2, 0) is 10.3 Å². The summed E-state index contributed by atoms with van der Waals surface area (Å²) < 4.78 is 0. The molecule has 2 N–H and O–H groups in total. The molecule has 1 aliphatic carbocycles. The molecule has 1 amide bonds. The molecule has 5 nitrogen and oxygen atoms in total. The molecule has 1 saturated carbocycles. The van der Waals surface area contributed by atoms with E-state index in [1.165, 1.54) is 4.88 Å². The lowest BCUT2D eigenvalue weighted by atomic mass is 9.98. The normalized spacial score (nSPS) is 17.6. The molecular weight excluding hydrogens is 296 g/mol. The fourth-order valence-corrected chi connectivity index (χ4v) is 3.33. The van der Waals surface area contributed by atoms with E-state index in [1.807, 2.05) is 27.7 Å². The molecule has 0 bridgehead atoms. The average Bonchev–Trinajstić information content (AvgIpc) is 3.24. The van der Waals surface area contributed by atoms with E-state index < -0.39 is 5.54 Å². The Morgan fingerprint density at radius 2 is 2.05 bits per heavy atom. The smallest absolute Gasteiger partial charge is 0.235 e. The van der Waals surface area contributed by atoms with E-state index in [0.29, 0.717) is 5.92 Å². The van der Waals surface area contributed by atoms with Crippen LogP contribution in [0.4, 0.5) is 0 Å². The Morgan fingerprint density at radius 1 is 1.41 bits per heavy atom. The summed E-state index contributed by atoms with van der Waals surface area (Å²) in [4.78, 5) is 17.9. The summed E-state index contributed by atoms with van der Waals surface area (Å²) in [6.45, 7) is 10.1. The number of nitrogens with one attached hydrogen (secondary N) is 2. The van der Waals surface area contributed by atoms with Crippen LogP contribution in [0.2, 0.25) is 0 Å². The van der Waals surface area contributed by atoms with E-state index in [0.717, 1.165) is 23.5 Å². The minimum atomic E-state index is -0.739. The second-order valence-corrected chi connectivity index (χ2v) is 7.98. The third-order valence-electron chi connectivity index (χ3n) is 4.28. The lowest BCUT2D eigenvalue weighted by Gasteiger charge is -2.26. The van der Waals surface area contributed by atoms with E-state index in [4.69, 9.17) is 0 Å². The number of aryl methyl sites for hydroxylation is 2. The molecule has 1 atom stereocenters. The van der Waals surface area contributed by atoms with Crippen molar-refractivity contribution in [1.29, 1.82) is 5.26 Å². The number of nitrogens with zero attached hydrogens (tertiary/aromatic N) is 2. The Morgan fingerprint density at radius 3 is 2.50 bits per heavy atom. The van der Waals surface area contributed by atoms with Crippen molar-refractivity contribution in [2.45, 2.75) is 58.5 Å². The van der Waals surface area contributed by atoms with Crippen LogP contribution in [0, 0.1) is 31.1 Å². The average molecular weight is 320 g/mol. The number of thiazole rings is 1. The van der Waals surface area contributed by atoms with Gasteiger partial charge in [0.1, 0.15) is 10.5 Å². The third-order valence-corrected chi connectivity index (χ3v) is 5.68. The molecule has 1 aromatic heterocycles. The molecule has 1 fully saturated rings. The highest BCUT2D eigenvalue weighted by molar-refractivity contribution is 7.11. The van der Waals surface area contributed by atoms with Gasteiger partial charge in [-0.3, -0.25) is 10.1 Å². The number of carbonyl (C=O) groups is 1. The van der Waals surface area contributed by atoms with Crippen LogP contribution in [0.15, 0.2) is 0 Å². The van der Waals surface area contributed by atoms with Crippen molar-refractivity contribution in [3.05, 3.63) is 15.6 Å². The number of aromatic nitrogens is 1. The molecule has 0 radical (unpaired) electrons. The second-order valence-electron chi connectivity index (χ2n) is 6.78. The summed E-state index contributed by atoms with van der Waals surface area (Å²) in [5.41, 5.74) is -0.0777. The molecule has 1 heterocycles. The highest BCUT2D eigenvalue weighted by atomic mass is 32.1. The number of rotatable bonds is 6. The number of hydrogen-bond donors (Lipinski definition) is 2. The predicted octanol–water partition coefficient (Wildman–Crippen LogP) is 2.39. The first-order chi connectivity index (χ1) is 10.2. The second kappa shape index (κ2) is 5.98. The molecule has 2 rings (SSSR count). The van der Waals surface area contributed by atoms with Crippen LogP contribution in [0.3, 0.4) is 0 Å². The van der Waals surface area contributed by atoms with Crippen LogP contribution >= 0.6 is 11.3 Å². The first kappa shape index (κ1) is 16.9. The number of amides is 1. The SMILES string of the molecule is Cc1nc(C(C)(C)NCC(=O)N[C@](C)(C#N)C2CC2)sc1C. The summed E-state index contributed by atoms with van der Waals surface area (Å²) in [7, 11) is 0. The first-order valence-electron chi connectivity index (χ1n) is 7.60. The van der Waals surface area contributed by atoms with Gasteiger partial charge in [0.15, 0.2) is 0 Å². The van der Waals surface area contributed by atoms with E-state index in [9.17, 15) is 10.1 Å². The summed E-state index contributed by atoms with van der Waals surface area (Å²) in [5, 5.41) is 16.4. The Balaban J connectivity index is 1.94. The van der Waals surface area contributed by atoms with E-state index in [1.54, 1.807) is 18.3 Å². The summed E-state index contributed by atoms with van der Waals surface area (Å²) in [5.74, 6) is 0.146. The maximum atomic E-state index is 12.2. The number of hydrogen-bond acceptors (Lipinski definition) is 5. The Hall–Kier alpha value is -1.45. The van der Waals surface area contributed by atoms with Gasteiger partial charge in [-0.2, -0.15) is 5.26 Å². The first-order valence-corrected chi connectivity index (χ1v) is 8.41. The summed E-state index contributed by atoms with van der Waals surface area (Å²) in [6.07, 6.45) is 2.03. The zero-order valence-electron chi connectivity index (χ0n) is 13.9. The fourth-order valence-electron chi connectivity index (χ4n) is 2.33. The standard InChI is InChI=1S/C16H24N4OS/c1-10-11(2)22-14(19-10)15(3,4)18-8-13(21)20-16(5,9-17)12-6-7-12/h12,18H,6-8H2,1-5H3,(H,20,21)/t16-/m1/s1. The van der Waals surface area contributed by atoms with Crippen molar-refractivity contribution in [1.82, 2.24) is 15.6 Å². The van der Waals surface area contributed by atoms with Crippen molar-refractivity contribution in [3.63, 3.8) is 0 Å². The molecule has 22 heavy (non-hydrogen) atoms. The van der Waals surface area contributed by atoms with Crippen molar-refractivity contribution >= 4 is 17.2 Å². The summed E-state index contributed by atoms with van der Waals surface area (Å²) >= 11 is 1.65. The largest absolute Gasteiger partial charge is 0.337 e. The Kier molecular flexibility index (Phi) is 4.59. The minimum Gasteiger partial charge on any atom is -0.337 e. The number of carbonyl (C=O) groups excluding carboxylic acids is 1. The van der Waals surface area contributed by atoms with Gasteiger partial charge in [0.25, 0.3) is 0 Å². The van der Waals surface area contributed by atoms with Gasteiger partial charge < -0.3 is 5.32 Å². The quantitative estimate of drug-likeness (QED) is 0.843. The van der Waals surface area contributed by atoms with Crippen LogP contribution in [0.1, 0.15) is 49.2 Å². The van der Waals surface area contributed by atoms with E-state index in [-0.39, 0.29) is 18.0 Å². The number of nitriles is 1. The van der Waals surface area contributed by atoms with Crippen LogP contribution in [0.5, 0.6) is 0 Å². The molecular formula is C16H24N4OS. The van der Waals surface area contributed by atoms with Crippen LogP contribution in [-0.4, -0.2) is 23.0 Å². The predicted molar refractivity (Wildman–Crippen MR) is 87.5 cm³/mol.